The van der Waals surface area contributed by atoms with Gasteiger partial charge in [0.25, 0.3) is 5.91 Å². The molecule has 0 bridgehead atoms. The third-order valence-corrected chi connectivity index (χ3v) is 5.98. The average Bonchev–Trinajstić information content (AvgIpc) is 3.11. The number of methoxy groups -OCH3 is 4. The van der Waals surface area contributed by atoms with Crippen LogP contribution >= 0.6 is 0 Å². The molecular formula is C24H32N2O5. The summed E-state index contributed by atoms with van der Waals surface area (Å²) in [4.78, 5) is 17.0. The van der Waals surface area contributed by atoms with Crippen LogP contribution < -0.4 is 18.9 Å². The number of rotatable bonds is 10. The van der Waals surface area contributed by atoms with Crippen molar-refractivity contribution >= 4 is 5.91 Å². The van der Waals surface area contributed by atoms with Gasteiger partial charge in [-0.2, -0.15) is 0 Å². The third-order valence-electron chi connectivity index (χ3n) is 5.98. The molecule has 0 N–H and O–H groups in total. The third kappa shape index (κ3) is 4.71. The number of ether oxygens (including phenoxy) is 4. The average molecular weight is 429 g/mol. The number of hydrogen-bond acceptors (Lipinski definition) is 6. The second-order valence-electron chi connectivity index (χ2n) is 7.72. The highest BCUT2D eigenvalue weighted by atomic mass is 16.5. The first kappa shape index (κ1) is 22.7. The van der Waals surface area contributed by atoms with Gasteiger partial charge in [-0.25, -0.2) is 0 Å². The summed E-state index contributed by atoms with van der Waals surface area (Å²) >= 11 is 0. The summed E-state index contributed by atoms with van der Waals surface area (Å²) in [5.41, 5.74) is 2.84. The van der Waals surface area contributed by atoms with Gasteiger partial charge in [0.15, 0.2) is 23.0 Å². The maximum Gasteiger partial charge on any atom is 0.254 e. The Balaban J connectivity index is 1.58. The number of nitrogens with zero attached hydrogens (tertiary/aromatic N) is 2. The molecule has 0 aromatic heterocycles. The second-order valence-corrected chi connectivity index (χ2v) is 7.72. The van der Waals surface area contributed by atoms with Gasteiger partial charge in [-0.15, -0.1) is 0 Å². The molecule has 0 spiro atoms. The molecule has 1 atom stereocenters. The normalized spacial score (nSPS) is 13.9. The Kier molecular flexibility index (Phi) is 7.28. The first-order chi connectivity index (χ1) is 14.9. The lowest BCUT2D eigenvalue weighted by Crippen LogP contribution is -2.30. The first-order valence-corrected chi connectivity index (χ1v) is 10.4. The zero-order chi connectivity index (χ0) is 22.5. The first-order valence-electron chi connectivity index (χ1n) is 10.4. The molecule has 31 heavy (non-hydrogen) atoms. The van der Waals surface area contributed by atoms with E-state index in [4.69, 9.17) is 18.9 Å². The number of carbonyl (C=O) groups is 1. The molecule has 7 heteroatoms. The predicted molar refractivity (Wildman–Crippen MR) is 119 cm³/mol. The second kappa shape index (κ2) is 9.92. The number of hydrogen-bond donors (Lipinski definition) is 0. The van der Waals surface area contributed by atoms with Crippen LogP contribution in [0.1, 0.15) is 40.9 Å². The number of fused-ring (bicyclic) bond motifs is 1. The Hall–Kier alpha value is -2.93. The van der Waals surface area contributed by atoms with Crippen LogP contribution in [-0.2, 0) is 6.54 Å². The van der Waals surface area contributed by atoms with Crippen LogP contribution in [-0.4, -0.2) is 64.3 Å². The van der Waals surface area contributed by atoms with E-state index in [0.717, 1.165) is 35.6 Å². The summed E-state index contributed by atoms with van der Waals surface area (Å²) in [5.74, 6) is 2.74. The van der Waals surface area contributed by atoms with E-state index < -0.39 is 0 Å². The summed E-state index contributed by atoms with van der Waals surface area (Å²) in [7, 11) is 8.56. The van der Waals surface area contributed by atoms with Crippen molar-refractivity contribution in [2.75, 3.05) is 48.6 Å². The molecule has 2 aromatic rings. The molecule has 3 rings (SSSR count). The van der Waals surface area contributed by atoms with E-state index in [-0.39, 0.29) is 11.9 Å². The maximum absolute atomic E-state index is 12.8. The van der Waals surface area contributed by atoms with Crippen LogP contribution in [0.4, 0.5) is 0 Å². The van der Waals surface area contributed by atoms with Crippen LogP contribution in [0.2, 0.25) is 0 Å². The van der Waals surface area contributed by atoms with Gasteiger partial charge in [-0.05, 0) is 55.8 Å². The van der Waals surface area contributed by atoms with E-state index in [9.17, 15) is 4.79 Å². The van der Waals surface area contributed by atoms with Crippen LogP contribution in [0.3, 0.4) is 0 Å². The van der Waals surface area contributed by atoms with Gasteiger partial charge in [0.05, 0.1) is 28.4 Å². The van der Waals surface area contributed by atoms with Crippen molar-refractivity contribution in [1.82, 2.24) is 9.80 Å². The molecular weight excluding hydrogens is 396 g/mol. The summed E-state index contributed by atoms with van der Waals surface area (Å²) in [6.45, 7) is 4.32. The quantitative estimate of drug-likeness (QED) is 0.574. The Morgan fingerprint density at radius 2 is 1.55 bits per heavy atom. The molecule has 2 aromatic carbocycles. The maximum atomic E-state index is 12.8. The monoisotopic (exact) mass is 428 g/mol. The largest absolute Gasteiger partial charge is 0.493 e. The molecule has 0 fully saturated rings. The lowest BCUT2D eigenvalue weighted by molar-refractivity contribution is 0.0770. The fourth-order valence-electron chi connectivity index (χ4n) is 3.95. The van der Waals surface area contributed by atoms with Gasteiger partial charge in [0, 0.05) is 31.2 Å². The van der Waals surface area contributed by atoms with E-state index in [1.807, 2.05) is 23.1 Å². The van der Waals surface area contributed by atoms with Gasteiger partial charge >= 0.3 is 0 Å². The Morgan fingerprint density at radius 3 is 2.19 bits per heavy atom. The number of amides is 1. The van der Waals surface area contributed by atoms with E-state index >= 15 is 0 Å². The van der Waals surface area contributed by atoms with E-state index in [0.29, 0.717) is 30.2 Å². The van der Waals surface area contributed by atoms with Crippen molar-refractivity contribution in [3.63, 3.8) is 0 Å². The molecule has 1 unspecified atom stereocenters. The smallest absolute Gasteiger partial charge is 0.254 e. The van der Waals surface area contributed by atoms with Crippen LogP contribution in [0.5, 0.6) is 23.0 Å². The van der Waals surface area contributed by atoms with Crippen LogP contribution in [0, 0.1) is 0 Å². The molecule has 0 radical (unpaired) electrons. The van der Waals surface area contributed by atoms with Crippen molar-refractivity contribution in [2.45, 2.75) is 25.9 Å². The summed E-state index contributed by atoms with van der Waals surface area (Å²) in [6.07, 6.45) is 0.877. The minimum Gasteiger partial charge on any atom is -0.493 e. The molecule has 0 saturated carbocycles. The molecule has 168 valence electrons. The molecule has 0 saturated heterocycles. The highest BCUT2D eigenvalue weighted by Gasteiger charge is 2.29. The standard InChI is InChI=1S/C24H32N2O5/c1-16(17-8-9-20(28-3)21(12-17)29-4)25(2)10-7-11-26-15-18-13-22(30-5)23(31-6)14-19(18)24(26)27/h8-9,12-14,16H,7,10-11,15H2,1-6H3. The van der Waals surface area contributed by atoms with Gasteiger partial charge < -0.3 is 23.8 Å². The molecule has 7 nitrogen and oxygen atoms in total. The molecule has 1 aliphatic rings. The zero-order valence-electron chi connectivity index (χ0n) is 19.2. The number of benzene rings is 2. The lowest BCUT2D eigenvalue weighted by Gasteiger charge is -2.26. The van der Waals surface area contributed by atoms with Crippen molar-refractivity contribution < 1.29 is 23.7 Å². The highest BCUT2D eigenvalue weighted by Crippen LogP contribution is 2.35. The minimum atomic E-state index is 0.0477. The van der Waals surface area contributed by atoms with Gasteiger partial charge in [-0.1, -0.05) is 6.07 Å². The fourth-order valence-corrected chi connectivity index (χ4v) is 3.95. The lowest BCUT2D eigenvalue weighted by atomic mass is 10.1. The fraction of sp³-hybridized carbons (Fsp3) is 0.458. The van der Waals surface area contributed by atoms with Crippen molar-refractivity contribution in [1.29, 1.82) is 0 Å². The predicted octanol–water partition coefficient (Wildman–Crippen LogP) is 3.76. The van der Waals surface area contributed by atoms with E-state index in [2.05, 4.69) is 24.9 Å². The Bertz CT molecular complexity index is 930. The summed E-state index contributed by atoms with van der Waals surface area (Å²) in [5, 5.41) is 0. The SMILES string of the molecule is COc1ccc(C(C)N(C)CCCN2Cc3cc(OC)c(OC)cc3C2=O)cc1OC. The Morgan fingerprint density at radius 1 is 0.935 bits per heavy atom. The molecule has 0 aliphatic carbocycles. The van der Waals surface area contributed by atoms with Gasteiger partial charge in [-0.3, -0.25) is 9.69 Å². The topological polar surface area (TPSA) is 60.5 Å². The number of carbonyl (C=O) groups excluding carboxylic acids is 1. The summed E-state index contributed by atoms with van der Waals surface area (Å²) < 4.78 is 21.5. The molecule has 1 amide bonds. The highest BCUT2D eigenvalue weighted by molar-refractivity contribution is 5.99. The van der Waals surface area contributed by atoms with E-state index in [1.165, 1.54) is 0 Å². The molecule has 1 aliphatic heterocycles. The molecule has 1 heterocycles. The van der Waals surface area contributed by atoms with Crippen molar-refractivity contribution in [3.05, 3.63) is 47.0 Å². The van der Waals surface area contributed by atoms with Gasteiger partial charge in [0.2, 0.25) is 0 Å². The van der Waals surface area contributed by atoms with Crippen molar-refractivity contribution in [2.24, 2.45) is 0 Å². The van der Waals surface area contributed by atoms with Crippen LogP contribution in [0.25, 0.3) is 0 Å². The minimum absolute atomic E-state index is 0.0477. The van der Waals surface area contributed by atoms with E-state index in [1.54, 1.807) is 34.5 Å². The summed E-state index contributed by atoms with van der Waals surface area (Å²) in [6, 6.07) is 9.89. The van der Waals surface area contributed by atoms with Crippen molar-refractivity contribution in [3.8, 4) is 23.0 Å². The Labute approximate surface area is 184 Å². The van der Waals surface area contributed by atoms with Gasteiger partial charge in [0.1, 0.15) is 0 Å². The zero-order valence-corrected chi connectivity index (χ0v) is 19.2. The van der Waals surface area contributed by atoms with Crippen LogP contribution in [0.15, 0.2) is 30.3 Å².